The Labute approximate surface area is 164 Å². The van der Waals surface area contributed by atoms with E-state index in [0.29, 0.717) is 11.6 Å². The fourth-order valence-corrected chi connectivity index (χ4v) is 3.97. The predicted molar refractivity (Wildman–Crippen MR) is 106 cm³/mol. The van der Waals surface area contributed by atoms with E-state index in [2.05, 4.69) is 10.4 Å². The van der Waals surface area contributed by atoms with Gasteiger partial charge in [-0.15, -0.1) is 0 Å². The SMILES string of the molecule is CCC(CC)(NC(=O)Cn1nc2n(c1=O)CCCCC2)c1ccc(Cl)cc1. The van der Waals surface area contributed by atoms with Crippen LogP contribution in [0.5, 0.6) is 0 Å². The van der Waals surface area contributed by atoms with E-state index in [0.717, 1.165) is 49.9 Å². The van der Waals surface area contributed by atoms with Gasteiger partial charge in [-0.3, -0.25) is 9.36 Å². The molecule has 146 valence electrons. The molecule has 0 aliphatic carbocycles. The van der Waals surface area contributed by atoms with E-state index < -0.39 is 5.54 Å². The molecule has 0 bridgehead atoms. The molecule has 7 heteroatoms. The first kappa shape index (κ1) is 19.7. The number of nitrogens with zero attached hydrogens (tertiary/aromatic N) is 3. The number of aromatic nitrogens is 3. The molecule has 6 nitrogen and oxygen atoms in total. The Kier molecular flexibility index (Phi) is 6.05. The number of halogens is 1. The zero-order valence-corrected chi connectivity index (χ0v) is 16.8. The first-order chi connectivity index (χ1) is 13.0. The quantitative estimate of drug-likeness (QED) is 0.823. The van der Waals surface area contributed by atoms with Crippen LogP contribution in [-0.2, 0) is 29.8 Å². The molecule has 0 saturated carbocycles. The van der Waals surface area contributed by atoms with Crippen LogP contribution in [0.2, 0.25) is 5.02 Å². The summed E-state index contributed by atoms with van der Waals surface area (Å²) in [5.74, 6) is 0.587. The van der Waals surface area contributed by atoms with Crippen molar-refractivity contribution >= 4 is 17.5 Å². The van der Waals surface area contributed by atoms with E-state index in [4.69, 9.17) is 11.6 Å². The van der Waals surface area contributed by atoms with Crippen molar-refractivity contribution < 1.29 is 4.79 Å². The molecule has 1 aliphatic heterocycles. The van der Waals surface area contributed by atoms with Crippen LogP contribution in [0.15, 0.2) is 29.1 Å². The lowest BCUT2D eigenvalue weighted by Gasteiger charge is -2.33. The van der Waals surface area contributed by atoms with Crippen molar-refractivity contribution in [1.29, 1.82) is 0 Å². The normalized spacial score (nSPS) is 14.5. The summed E-state index contributed by atoms with van der Waals surface area (Å²) in [5, 5.41) is 8.21. The molecule has 3 rings (SSSR count). The summed E-state index contributed by atoms with van der Waals surface area (Å²) in [4.78, 5) is 25.4. The third kappa shape index (κ3) is 4.10. The van der Waals surface area contributed by atoms with Crippen molar-refractivity contribution in [2.45, 2.75) is 71.0 Å². The standard InChI is InChI=1S/C20H27ClN4O2/c1-3-20(4-2,15-9-11-16(21)12-10-15)22-18(26)14-25-19(27)24-13-7-5-6-8-17(24)23-25/h9-12H,3-8,13-14H2,1-2H3,(H,22,26). The average Bonchev–Trinajstić information content (AvgIpc) is 2.84. The van der Waals surface area contributed by atoms with Crippen LogP contribution in [0.25, 0.3) is 0 Å². The smallest absolute Gasteiger partial charge is 0.345 e. The van der Waals surface area contributed by atoms with Gasteiger partial charge in [-0.05, 0) is 43.4 Å². The monoisotopic (exact) mass is 390 g/mol. The maximum atomic E-state index is 12.8. The molecule has 0 radical (unpaired) electrons. The van der Waals surface area contributed by atoms with Gasteiger partial charge in [-0.25, -0.2) is 9.48 Å². The molecule has 1 amide bonds. The highest BCUT2D eigenvalue weighted by atomic mass is 35.5. The van der Waals surface area contributed by atoms with Gasteiger partial charge in [0.25, 0.3) is 0 Å². The average molecular weight is 391 g/mol. The van der Waals surface area contributed by atoms with Crippen LogP contribution in [0.3, 0.4) is 0 Å². The van der Waals surface area contributed by atoms with Gasteiger partial charge in [0.05, 0.1) is 5.54 Å². The number of nitrogens with one attached hydrogen (secondary N) is 1. The van der Waals surface area contributed by atoms with Crippen LogP contribution in [0.1, 0.15) is 57.3 Å². The number of benzene rings is 1. The van der Waals surface area contributed by atoms with Gasteiger partial charge in [0, 0.05) is 18.0 Å². The maximum absolute atomic E-state index is 12.8. The summed E-state index contributed by atoms with van der Waals surface area (Å²) < 4.78 is 3.01. The molecule has 2 aromatic rings. The molecule has 0 unspecified atom stereocenters. The number of amides is 1. The first-order valence-corrected chi connectivity index (χ1v) is 10.1. The lowest BCUT2D eigenvalue weighted by atomic mass is 9.84. The molecule has 1 aromatic heterocycles. The predicted octanol–water partition coefficient (Wildman–Crippen LogP) is 3.26. The Morgan fingerprint density at radius 1 is 1.19 bits per heavy atom. The van der Waals surface area contributed by atoms with Crippen molar-refractivity contribution in [1.82, 2.24) is 19.7 Å². The number of carbonyl (C=O) groups excluding carboxylic acids is 1. The molecule has 2 heterocycles. The Bertz CT molecular complexity index is 850. The van der Waals surface area contributed by atoms with Crippen LogP contribution in [0.4, 0.5) is 0 Å². The van der Waals surface area contributed by atoms with E-state index in [-0.39, 0.29) is 18.1 Å². The number of hydrogen-bond donors (Lipinski definition) is 1. The van der Waals surface area contributed by atoms with Crippen LogP contribution < -0.4 is 11.0 Å². The summed E-state index contributed by atoms with van der Waals surface area (Å²) in [7, 11) is 0. The van der Waals surface area contributed by atoms with Crippen molar-refractivity contribution in [3.8, 4) is 0 Å². The van der Waals surface area contributed by atoms with Crippen LogP contribution in [-0.4, -0.2) is 20.3 Å². The fraction of sp³-hybridized carbons (Fsp3) is 0.550. The molecular weight excluding hydrogens is 364 g/mol. The van der Waals surface area contributed by atoms with Gasteiger partial charge in [-0.1, -0.05) is 44.0 Å². The molecule has 1 aliphatic rings. The van der Waals surface area contributed by atoms with Gasteiger partial charge in [0.1, 0.15) is 12.4 Å². The molecule has 27 heavy (non-hydrogen) atoms. The summed E-state index contributed by atoms with van der Waals surface area (Å²) in [5.41, 5.74) is 0.340. The van der Waals surface area contributed by atoms with Crippen molar-refractivity contribution in [3.63, 3.8) is 0 Å². The summed E-state index contributed by atoms with van der Waals surface area (Å²) >= 11 is 6.00. The third-order valence-electron chi connectivity index (χ3n) is 5.56. The first-order valence-electron chi connectivity index (χ1n) is 9.72. The second-order valence-electron chi connectivity index (χ2n) is 7.16. The number of aryl methyl sites for hydroxylation is 1. The van der Waals surface area contributed by atoms with Gasteiger partial charge < -0.3 is 5.32 Å². The van der Waals surface area contributed by atoms with Gasteiger partial charge in [0.15, 0.2) is 0 Å². The Balaban J connectivity index is 1.79. The van der Waals surface area contributed by atoms with Crippen molar-refractivity contribution in [2.75, 3.05) is 0 Å². The Hall–Kier alpha value is -2.08. The molecule has 0 saturated heterocycles. The highest BCUT2D eigenvalue weighted by Gasteiger charge is 2.30. The lowest BCUT2D eigenvalue weighted by molar-refractivity contribution is -0.124. The largest absolute Gasteiger partial charge is 0.346 e. The van der Waals surface area contributed by atoms with Crippen LogP contribution in [0, 0.1) is 0 Å². The van der Waals surface area contributed by atoms with E-state index in [9.17, 15) is 9.59 Å². The Morgan fingerprint density at radius 3 is 2.56 bits per heavy atom. The summed E-state index contributed by atoms with van der Waals surface area (Å²) in [6.45, 7) is 4.72. The lowest BCUT2D eigenvalue weighted by Crippen LogP contribution is -2.47. The minimum Gasteiger partial charge on any atom is -0.345 e. The highest BCUT2D eigenvalue weighted by molar-refractivity contribution is 6.30. The van der Waals surface area contributed by atoms with E-state index in [1.807, 2.05) is 38.1 Å². The van der Waals surface area contributed by atoms with E-state index in [1.54, 1.807) is 4.57 Å². The highest BCUT2D eigenvalue weighted by Crippen LogP contribution is 2.29. The number of fused-ring (bicyclic) bond motifs is 1. The molecule has 0 atom stereocenters. The molecule has 1 N–H and O–H groups in total. The minimum absolute atomic E-state index is 0.0613. The van der Waals surface area contributed by atoms with Gasteiger partial charge in [-0.2, -0.15) is 5.10 Å². The van der Waals surface area contributed by atoms with Crippen LogP contribution >= 0.6 is 11.6 Å². The van der Waals surface area contributed by atoms with E-state index in [1.165, 1.54) is 4.68 Å². The minimum atomic E-state index is -0.484. The molecular formula is C20H27ClN4O2. The van der Waals surface area contributed by atoms with E-state index >= 15 is 0 Å². The second kappa shape index (κ2) is 8.30. The molecule has 0 spiro atoms. The number of hydrogen-bond acceptors (Lipinski definition) is 3. The fourth-order valence-electron chi connectivity index (χ4n) is 3.85. The summed E-state index contributed by atoms with van der Waals surface area (Å²) in [6.07, 6.45) is 5.41. The van der Waals surface area contributed by atoms with Gasteiger partial charge in [0.2, 0.25) is 5.91 Å². The molecule has 0 fully saturated rings. The second-order valence-corrected chi connectivity index (χ2v) is 7.60. The summed E-state index contributed by atoms with van der Waals surface area (Å²) in [6, 6.07) is 7.56. The van der Waals surface area contributed by atoms with Crippen molar-refractivity contribution in [3.05, 3.63) is 51.2 Å². The maximum Gasteiger partial charge on any atom is 0.346 e. The van der Waals surface area contributed by atoms with Gasteiger partial charge >= 0.3 is 5.69 Å². The number of rotatable bonds is 6. The topological polar surface area (TPSA) is 68.9 Å². The Morgan fingerprint density at radius 2 is 1.89 bits per heavy atom. The number of carbonyl (C=O) groups is 1. The molecule has 1 aromatic carbocycles. The zero-order chi connectivity index (χ0) is 19.4. The van der Waals surface area contributed by atoms with Crippen molar-refractivity contribution in [2.24, 2.45) is 0 Å². The zero-order valence-electron chi connectivity index (χ0n) is 16.0. The third-order valence-corrected chi connectivity index (χ3v) is 5.81.